The van der Waals surface area contributed by atoms with Crippen LogP contribution in [0.5, 0.6) is 0 Å². The van der Waals surface area contributed by atoms with E-state index in [9.17, 15) is 4.79 Å². The first kappa shape index (κ1) is 9.52. The lowest BCUT2D eigenvalue weighted by molar-refractivity contribution is 0.0916. The van der Waals surface area contributed by atoms with Gasteiger partial charge in [0.2, 0.25) is 0 Å². The lowest BCUT2D eigenvalue weighted by Crippen LogP contribution is -2.56. The molecular weight excluding hydrogens is 244 g/mol. The van der Waals surface area contributed by atoms with Crippen LogP contribution in [0.15, 0.2) is 24.3 Å². The van der Waals surface area contributed by atoms with E-state index < -0.39 is 5.66 Å². The van der Waals surface area contributed by atoms with Crippen molar-refractivity contribution in [2.45, 2.75) is 12.6 Å². The van der Waals surface area contributed by atoms with Crippen molar-refractivity contribution in [3.63, 3.8) is 0 Å². The quantitative estimate of drug-likeness (QED) is 0.753. The third kappa shape index (κ3) is 1.50. The lowest BCUT2D eigenvalue weighted by Gasteiger charge is -2.36. The highest BCUT2D eigenvalue weighted by Crippen LogP contribution is 2.24. The fourth-order valence-electron chi connectivity index (χ4n) is 1.50. The van der Waals surface area contributed by atoms with Gasteiger partial charge < -0.3 is 10.6 Å². The van der Waals surface area contributed by atoms with Crippen LogP contribution in [0.3, 0.4) is 0 Å². The van der Waals surface area contributed by atoms with Gasteiger partial charge in [-0.1, -0.05) is 28.1 Å². The molecule has 1 aromatic carbocycles. The van der Waals surface area contributed by atoms with Gasteiger partial charge in [0.15, 0.2) is 0 Å². The van der Waals surface area contributed by atoms with Crippen molar-refractivity contribution in [1.82, 2.24) is 5.32 Å². The third-order valence-corrected chi connectivity index (χ3v) is 3.36. The summed E-state index contributed by atoms with van der Waals surface area (Å²) in [6, 6.07) is 7.50. The second-order valence-electron chi connectivity index (χ2n) is 3.59. The molecule has 1 atom stereocenters. The average Bonchev–Trinajstić information content (AvgIpc) is 2.18. The van der Waals surface area contributed by atoms with Crippen molar-refractivity contribution in [2.75, 3.05) is 10.6 Å². The number of rotatable bonds is 1. The Morgan fingerprint density at radius 1 is 1.36 bits per heavy atom. The number of hydrogen-bond acceptors (Lipinski definition) is 2. The van der Waals surface area contributed by atoms with Crippen LogP contribution in [0.25, 0.3) is 0 Å². The number of para-hydroxylation sites is 1. The molecule has 14 heavy (non-hydrogen) atoms. The molecule has 0 aromatic heterocycles. The number of carbonyl (C=O) groups excluding carboxylic acids is 1. The summed E-state index contributed by atoms with van der Waals surface area (Å²) >= 11 is 3.37. The maximum absolute atomic E-state index is 11.7. The topological polar surface area (TPSA) is 41.1 Å². The number of amides is 1. The molecule has 3 nitrogen and oxygen atoms in total. The Labute approximate surface area is 91.0 Å². The van der Waals surface area contributed by atoms with Crippen molar-refractivity contribution in [3.05, 3.63) is 29.8 Å². The molecule has 0 bridgehead atoms. The third-order valence-electron chi connectivity index (χ3n) is 2.24. The van der Waals surface area contributed by atoms with Crippen LogP contribution in [-0.4, -0.2) is 16.9 Å². The maximum Gasteiger partial charge on any atom is 0.255 e. The molecule has 1 unspecified atom stereocenters. The summed E-state index contributed by atoms with van der Waals surface area (Å²) < 4.78 is 0. The van der Waals surface area contributed by atoms with E-state index in [2.05, 4.69) is 26.6 Å². The summed E-state index contributed by atoms with van der Waals surface area (Å²) in [5, 5.41) is 6.84. The van der Waals surface area contributed by atoms with E-state index in [1.807, 2.05) is 31.2 Å². The Morgan fingerprint density at radius 3 is 2.79 bits per heavy atom. The van der Waals surface area contributed by atoms with Crippen LogP contribution in [0, 0.1) is 0 Å². The number of alkyl halides is 1. The fourth-order valence-corrected chi connectivity index (χ4v) is 1.78. The molecule has 74 valence electrons. The minimum absolute atomic E-state index is 0.0266. The number of nitrogens with one attached hydrogen (secondary N) is 2. The largest absolute Gasteiger partial charge is 0.362 e. The highest BCUT2D eigenvalue weighted by Gasteiger charge is 2.31. The smallest absolute Gasteiger partial charge is 0.255 e. The minimum Gasteiger partial charge on any atom is -0.362 e. The average molecular weight is 255 g/mol. The Morgan fingerprint density at radius 2 is 2.07 bits per heavy atom. The van der Waals surface area contributed by atoms with E-state index >= 15 is 0 Å². The van der Waals surface area contributed by atoms with Gasteiger partial charge in [0.1, 0.15) is 5.66 Å². The second kappa shape index (κ2) is 3.28. The summed E-state index contributed by atoms with van der Waals surface area (Å²) in [5.41, 5.74) is 1.19. The molecule has 0 fully saturated rings. The van der Waals surface area contributed by atoms with E-state index in [4.69, 9.17) is 0 Å². The molecule has 1 heterocycles. The fraction of sp³-hybridized carbons (Fsp3) is 0.300. The number of anilines is 1. The van der Waals surface area contributed by atoms with Crippen molar-refractivity contribution in [1.29, 1.82) is 0 Å². The Balaban J connectivity index is 2.43. The molecule has 1 aromatic rings. The Bertz CT molecular complexity index is 380. The van der Waals surface area contributed by atoms with Crippen molar-refractivity contribution < 1.29 is 4.79 Å². The van der Waals surface area contributed by atoms with Crippen LogP contribution in [0.2, 0.25) is 0 Å². The molecule has 0 radical (unpaired) electrons. The molecule has 1 aliphatic heterocycles. The van der Waals surface area contributed by atoms with Gasteiger partial charge in [-0.25, -0.2) is 0 Å². The van der Waals surface area contributed by atoms with Crippen LogP contribution in [0.1, 0.15) is 17.3 Å². The van der Waals surface area contributed by atoms with Gasteiger partial charge in [0.25, 0.3) is 5.91 Å². The zero-order valence-electron chi connectivity index (χ0n) is 7.80. The number of carbonyl (C=O) groups is 1. The first-order valence-electron chi connectivity index (χ1n) is 4.40. The molecule has 1 aliphatic rings. The first-order chi connectivity index (χ1) is 6.64. The highest BCUT2D eigenvalue weighted by molar-refractivity contribution is 9.09. The molecule has 0 saturated carbocycles. The summed E-state index contributed by atoms with van der Waals surface area (Å²) in [4.78, 5) is 11.7. The molecule has 0 aliphatic carbocycles. The van der Waals surface area contributed by atoms with Crippen LogP contribution < -0.4 is 10.6 Å². The molecule has 2 N–H and O–H groups in total. The van der Waals surface area contributed by atoms with E-state index in [1.54, 1.807) is 0 Å². The summed E-state index contributed by atoms with van der Waals surface area (Å²) in [7, 11) is 0. The van der Waals surface area contributed by atoms with E-state index in [0.29, 0.717) is 10.9 Å². The summed E-state index contributed by atoms with van der Waals surface area (Å²) in [6.45, 7) is 1.94. The monoisotopic (exact) mass is 254 g/mol. The van der Waals surface area contributed by atoms with Gasteiger partial charge in [-0.15, -0.1) is 0 Å². The zero-order chi connectivity index (χ0) is 10.2. The lowest BCUT2D eigenvalue weighted by atomic mass is 10.1. The van der Waals surface area contributed by atoms with Crippen LogP contribution in [-0.2, 0) is 0 Å². The highest BCUT2D eigenvalue weighted by atomic mass is 79.9. The predicted molar refractivity (Wildman–Crippen MR) is 59.7 cm³/mol. The Kier molecular flexibility index (Phi) is 2.23. The standard InChI is InChI=1S/C10H11BrN2O/c1-10(6-11)12-8-5-3-2-4-7(8)9(14)13-10/h2-5,12H,6H2,1H3,(H,13,14). The van der Waals surface area contributed by atoms with Crippen LogP contribution >= 0.6 is 15.9 Å². The number of halogens is 1. The normalized spacial score (nSPS) is 24.9. The van der Waals surface area contributed by atoms with Gasteiger partial charge in [-0.2, -0.15) is 0 Å². The first-order valence-corrected chi connectivity index (χ1v) is 5.52. The molecule has 0 saturated heterocycles. The molecular formula is C10H11BrN2O. The molecule has 0 spiro atoms. The van der Waals surface area contributed by atoms with Gasteiger partial charge in [0, 0.05) is 11.0 Å². The van der Waals surface area contributed by atoms with Gasteiger partial charge in [0.05, 0.1) is 5.56 Å². The van der Waals surface area contributed by atoms with E-state index in [-0.39, 0.29) is 5.91 Å². The summed E-state index contributed by atoms with van der Waals surface area (Å²) in [6.07, 6.45) is 0. The van der Waals surface area contributed by atoms with Crippen molar-refractivity contribution in [2.24, 2.45) is 0 Å². The van der Waals surface area contributed by atoms with Crippen molar-refractivity contribution >= 4 is 27.5 Å². The van der Waals surface area contributed by atoms with E-state index in [0.717, 1.165) is 5.69 Å². The second-order valence-corrected chi connectivity index (χ2v) is 4.15. The SMILES string of the molecule is CC1(CBr)NC(=O)c2ccccc2N1. The maximum atomic E-state index is 11.7. The molecule has 1 amide bonds. The van der Waals surface area contributed by atoms with Gasteiger partial charge in [-0.05, 0) is 19.1 Å². The van der Waals surface area contributed by atoms with Crippen molar-refractivity contribution in [3.8, 4) is 0 Å². The number of hydrogen-bond donors (Lipinski definition) is 2. The summed E-state index contributed by atoms with van der Waals surface area (Å²) in [5.74, 6) is -0.0266. The molecule has 4 heteroatoms. The zero-order valence-corrected chi connectivity index (χ0v) is 9.39. The predicted octanol–water partition coefficient (Wildman–Crippen LogP) is 1.95. The van der Waals surface area contributed by atoms with Gasteiger partial charge in [-0.3, -0.25) is 4.79 Å². The van der Waals surface area contributed by atoms with Crippen LogP contribution in [0.4, 0.5) is 5.69 Å². The Hall–Kier alpha value is -1.03. The van der Waals surface area contributed by atoms with Gasteiger partial charge >= 0.3 is 0 Å². The number of benzene rings is 1. The number of fused-ring (bicyclic) bond motifs is 1. The minimum atomic E-state index is -0.397. The van der Waals surface area contributed by atoms with E-state index in [1.165, 1.54) is 0 Å². The molecule has 2 rings (SSSR count).